The van der Waals surface area contributed by atoms with Gasteiger partial charge in [-0.3, -0.25) is 4.90 Å². The van der Waals surface area contributed by atoms with E-state index in [1.54, 1.807) is 0 Å². The van der Waals surface area contributed by atoms with Gasteiger partial charge in [0.05, 0.1) is 12.7 Å². The first-order chi connectivity index (χ1) is 10.00. The first-order valence-corrected chi connectivity index (χ1v) is 8.05. The van der Waals surface area contributed by atoms with Crippen molar-refractivity contribution in [3.63, 3.8) is 0 Å². The lowest BCUT2D eigenvalue weighted by atomic mass is 9.70. The van der Waals surface area contributed by atoms with Gasteiger partial charge in [-0.1, -0.05) is 44.2 Å². The summed E-state index contributed by atoms with van der Waals surface area (Å²) in [6.07, 6.45) is 2.86. The molecule has 0 radical (unpaired) electrons. The Bertz CT molecular complexity index is 418. The molecule has 0 aromatic heterocycles. The van der Waals surface area contributed by atoms with Gasteiger partial charge in [-0.05, 0) is 36.2 Å². The zero-order valence-electron chi connectivity index (χ0n) is 13.3. The van der Waals surface area contributed by atoms with E-state index in [2.05, 4.69) is 30.9 Å². The van der Waals surface area contributed by atoms with Gasteiger partial charge in [-0.2, -0.15) is 0 Å². The Morgan fingerprint density at radius 3 is 2.62 bits per heavy atom. The molecule has 3 heteroatoms. The minimum absolute atomic E-state index is 0.166. The monoisotopic (exact) mass is 291 g/mol. The van der Waals surface area contributed by atoms with Gasteiger partial charge in [0.2, 0.25) is 0 Å². The number of nitrogens with zero attached hydrogens (tertiary/aromatic N) is 1. The molecule has 1 aliphatic rings. The normalized spacial score (nSPS) is 25.2. The highest BCUT2D eigenvalue weighted by atomic mass is 16.3. The molecule has 2 rings (SSSR count). The molecular weight excluding hydrogens is 262 g/mol. The Labute approximate surface area is 128 Å². The third-order valence-corrected chi connectivity index (χ3v) is 4.63. The minimum atomic E-state index is -0.199. The lowest BCUT2D eigenvalue weighted by Crippen LogP contribution is -2.41. The van der Waals surface area contributed by atoms with Crippen LogP contribution in [-0.2, 0) is 6.54 Å². The van der Waals surface area contributed by atoms with Crippen LogP contribution in [0.3, 0.4) is 0 Å². The van der Waals surface area contributed by atoms with E-state index >= 15 is 0 Å². The van der Waals surface area contributed by atoms with Crippen molar-refractivity contribution in [3.8, 4) is 0 Å². The van der Waals surface area contributed by atoms with Crippen molar-refractivity contribution in [2.75, 3.05) is 19.7 Å². The summed E-state index contributed by atoms with van der Waals surface area (Å²) < 4.78 is 0. The molecule has 0 bridgehead atoms. The van der Waals surface area contributed by atoms with Crippen LogP contribution in [0.15, 0.2) is 30.3 Å². The average molecular weight is 291 g/mol. The first-order valence-electron chi connectivity index (χ1n) is 8.05. The molecule has 2 N–H and O–H groups in total. The van der Waals surface area contributed by atoms with E-state index in [1.807, 2.05) is 18.2 Å². The number of hydrogen-bond acceptors (Lipinski definition) is 3. The highest BCUT2D eigenvalue weighted by Crippen LogP contribution is 2.39. The molecule has 0 spiro atoms. The Kier molecular flexibility index (Phi) is 5.80. The van der Waals surface area contributed by atoms with Gasteiger partial charge >= 0.3 is 0 Å². The smallest absolute Gasteiger partial charge is 0.0581 e. The van der Waals surface area contributed by atoms with Crippen LogP contribution < -0.4 is 0 Å². The number of aliphatic hydroxyl groups excluding tert-OH is 2. The van der Waals surface area contributed by atoms with E-state index in [4.69, 9.17) is 0 Å². The van der Waals surface area contributed by atoms with E-state index in [0.717, 1.165) is 32.4 Å². The fourth-order valence-electron chi connectivity index (χ4n) is 3.46. The molecular formula is C18H29NO2. The maximum Gasteiger partial charge on any atom is 0.0581 e. The van der Waals surface area contributed by atoms with Crippen LogP contribution in [0.4, 0.5) is 0 Å². The van der Waals surface area contributed by atoms with Gasteiger partial charge in [0.15, 0.2) is 0 Å². The van der Waals surface area contributed by atoms with Gasteiger partial charge in [-0.15, -0.1) is 0 Å². The summed E-state index contributed by atoms with van der Waals surface area (Å²) in [5.74, 6) is 0.309. The Hall–Kier alpha value is -0.900. The highest BCUT2D eigenvalue weighted by Gasteiger charge is 2.34. The van der Waals surface area contributed by atoms with Crippen molar-refractivity contribution in [1.29, 1.82) is 0 Å². The molecule has 0 amide bonds. The lowest BCUT2D eigenvalue weighted by Gasteiger charge is -2.40. The molecule has 0 aliphatic heterocycles. The van der Waals surface area contributed by atoms with E-state index in [9.17, 15) is 10.2 Å². The molecule has 1 fully saturated rings. The highest BCUT2D eigenvalue weighted by molar-refractivity contribution is 5.14. The molecule has 21 heavy (non-hydrogen) atoms. The summed E-state index contributed by atoms with van der Waals surface area (Å²) in [5, 5.41) is 19.6. The van der Waals surface area contributed by atoms with Crippen LogP contribution >= 0.6 is 0 Å². The second kappa shape index (κ2) is 7.39. The van der Waals surface area contributed by atoms with Crippen molar-refractivity contribution < 1.29 is 10.2 Å². The predicted octanol–water partition coefficient (Wildman–Crippen LogP) is 2.67. The Morgan fingerprint density at radius 1 is 1.24 bits per heavy atom. The van der Waals surface area contributed by atoms with Crippen molar-refractivity contribution in [2.45, 2.75) is 45.8 Å². The molecule has 1 saturated carbocycles. The number of aliphatic hydroxyl groups is 2. The van der Waals surface area contributed by atoms with Gasteiger partial charge in [0.1, 0.15) is 0 Å². The standard InChI is InChI=1S/C18H29NO2/c1-18(2)9-8-17(21)16(12-18)14-19(10-11-20)13-15-6-4-3-5-7-15/h3-7,16-17,20-21H,8-14H2,1-2H3. The topological polar surface area (TPSA) is 43.7 Å². The van der Waals surface area contributed by atoms with Crippen LogP contribution in [0.25, 0.3) is 0 Å². The van der Waals surface area contributed by atoms with Crippen LogP contribution in [0.1, 0.15) is 38.7 Å². The van der Waals surface area contributed by atoms with Crippen molar-refractivity contribution in [1.82, 2.24) is 4.90 Å². The molecule has 0 saturated heterocycles. The van der Waals surface area contributed by atoms with E-state index in [-0.39, 0.29) is 12.7 Å². The predicted molar refractivity (Wildman–Crippen MR) is 85.9 cm³/mol. The molecule has 3 nitrogen and oxygen atoms in total. The van der Waals surface area contributed by atoms with E-state index < -0.39 is 0 Å². The molecule has 118 valence electrons. The third-order valence-electron chi connectivity index (χ3n) is 4.63. The van der Waals surface area contributed by atoms with Crippen LogP contribution in [-0.4, -0.2) is 40.9 Å². The van der Waals surface area contributed by atoms with E-state index in [0.29, 0.717) is 17.9 Å². The maximum atomic E-state index is 10.3. The van der Waals surface area contributed by atoms with Crippen LogP contribution in [0.2, 0.25) is 0 Å². The van der Waals surface area contributed by atoms with Crippen LogP contribution in [0, 0.1) is 11.3 Å². The van der Waals surface area contributed by atoms with E-state index in [1.165, 1.54) is 5.56 Å². The Balaban J connectivity index is 1.98. The second-order valence-electron chi connectivity index (χ2n) is 7.18. The van der Waals surface area contributed by atoms with Crippen molar-refractivity contribution in [2.24, 2.45) is 11.3 Å². The zero-order valence-corrected chi connectivity index (χ0v) is 13.3. The molecule has 0 heterocycles. The minimum Gasteiger partial charge on any atom is -0.395 e. The summed E-state index contributed by atoms with van der Waals surface area (Å²) in [6, 6.07) is 10.3. The van der Waals surface area contributed by atoms with Crippen molar-refractivity contribution >= 4 is 0 Å². The summed E-state index contributed by atoms with van der Waals surface area (Å²) >= 11 is 0. The number of rotatable bonds is 6. The van der Waals surface area contributed by atoms with Gasteiger partial charge < -0.3 is 10.2 Å². The first kappa shape index (κ1) is 16.5. The van der Waals surface area contributed by atoms with Crippen LogP contribution in [0.5, 0.6) is 0 Å². The average Bonchev–Trinajstić information content (AvgIpc) is 2.44. The van der Waals surface area contributed by atoms with Gasteiger partial charge in [-0.25, -0.2) is 0 Å². The zero-order chi connectivity index (χ0) is 15.3. The number of hydrogen-bond donors (Lipinski definition) is 2. The fraction of sp³-hybridized carbons (Fsp3) is 0.667. The SMILES string of the molecule is CC1(C)CCC(O)C(CN(CCO)Cc2ccccc2)C1. The number of benzene rings is 1. The summed E-state index contributed by atoms with van der Waals surface area (Å²) in [5.41, 5.74) is 1.58. The quantitative estimate of drug-likeness (QED) is 0.847. The molecule has 2 atom stereocenters. The molecule has 1 aliphatic carbocycles. The summed E-state index contributed by atoms with van der Waals surface area (Å²) in [6.45, 7) is 7.11. The molecule has 1 aromatic rings. The molecule has 2 unspecified atom stereocenters. The Morgan fingerprint density at radius 2 is 1.95 bits per heavy atom. The van der Waals surface area contributed by atoms with Crippen molar-refractivity contribution in [3.05, 3.63) is 35.9 Å². The van der Waals surface area contributed by atoms with Gasteiger partial charge in [0.25, 0.3) is 0 Å². The largest absolute Gasteiger partial charge is 0.395 e. The maximum absolute atomic E-state index is 10.3. The summed E-state index contributed by atoms with van der Waals surface area (Å²) in [4.78, 5) is 2.27. The summed E-state index contributed by atoms with van der Waals surface area (Å²) in [7, 11) is 0. The molecule has 1 aromatic carbocycles. The fourth-order valence-corrected chi connectivity index (χ4v) is 3.46. The third kappa shape index (κ3) is 5.10. The lowest BCUT2D eigenvalue weighted by molar-refractivity contribution is 0.000775. The van der Waals surface area contributed by atoms with Gasteiger partial charge in [0, 0.05) is 19.6 Å². The second-order valence-corrected chi connectivity index (χ2v) is 7.18.